The molecule has 1 N–H and O–H groups in total. The molecule has 6 nitrogen and oxygen atoms in total. The fourth-order valence-corrected chi connectivity index (χ4v) is 4.06. The monoisotopic (exact) mass is 379 g/mol. The maximum absolute atomic E-state index is 12.8. The van der Waals surface area contributed by atoms with E-state index < -0.39 is 0 Å². The third-order valence-corrected chi connectivity index (χ3v) is 5.60. The Hall–Kier alpha value is -3.02. The Morgan fingerprint density at radius 1 is 1.21 bits per heavy atom. The summed E-state index contributed by atoms with van der Waals surface area (Å²) in [7, 11) is 1.58. The van der Waals surface area contributed by atoms with Crippen LogP contribution in [-0.4, -0.2) is 38.6 Å². The van der Waals surface area contributed by atoms with Crippen LogP contribution < -0.4 is 19.9 Å². The lowest BCUT2D eigenvalue weighted by molar-refractivity contribution is -0.122. The van der Waals surface area contributed by atoms with E-state index in [4.69, 9.17) is 4.74 Å². The number of amides is 2. The van der Waals surface area contributed by atoms with Gasteiger partial charge in [0.25, 0.3) is 0 Å². The van der Waals surface area contributed by atoms with Crippen molar-refractivity contribution < 1.29 is 14.3 Å². The number of hydrogen-bond donors (Lipinski definition) is 1. The van der Waals surface area contributed by atoms with Gasteiger partial charge in [0.2, 0.25) is 11.8 Å². The molecule has 0 aliphatic carbocycles. The molecule has 0 radical (unpaired) electrons. The summed E-state index contributed by atoms with van der Waals surface area (Å²) in [5, 5.41) is 3.00. The lowest BCUT2D eigenvalue weighted by Gasteiger charge is -2.20. The van der Waals surface area contributed by atoms with Crippen LogP contribution in [0.3, 0.4) is 0 Å². The van der Waals surface area contributed by atoms with Crippen LogP contribution in [0, 0.1) is 5.92 Å². The second-order valence-corrected chi connectivity index (χ2v) is 7.24. The Balaban J connectivity index is 1.47. The Morgan fingerprint density at radius 2 is 2.04 bits per heavy atom. The minimum Gasteiger partial charge on any atom is -0.495 e. The van der Waals surface area contributed by atoms with Crippen LogP contribution >= 0.6 is 0 Å². The molecule has 2 heterocycles. The summed E-state index contributed by atoms with van der Waals surface area (Å²) in [6.07, 6.45) is 1.25. The van der Waals surface area contributed by atoms with E-state index in [1.54, 1.807) is 12.0 Å². The van der Waals surface area contributed by atoms with E-state index in [1.165, 1.54) is 11.3 Å². The first-order chi connectivity index (χ1) is 13.6. The van der Waals surface area contributed by atoms with Crippen molar-refractivity contribution in [1.82, 2.24) is 0 Å². The highest BCUT2D eigenvalue weighted by Crippen LogP contribution is 2.34. The molecular formula is C22H25N3O3. The number of hydrogen-bond acceptors (Lipinski definition) is 4. The molecule has 1 saturated heterocycles. The van der Waals surface area contributed by atoms with Crippen LogP contribution in [-0.2, 0) is 16.0 Å². The Morgan fingerprint density at radius 3 is 2.82 bits per heavy atom. The van der Waals surface area contributed by atoms with Crippen LogP contribution in [0.1, 0.15) is 18.9 Å². The number of anilines is 3. The molecule has 1 atom stereocenters. The van der Waals surface area contributed by atoms with E-state index in [-0.39, 0.29) is 24.2 Å². The molecule has 1 unspecified atom stereocenters. The molecule has 6 heteroatoms. The minimum atomic E-state index is -0.382. The Bertz CT molecular complexity index is 912. The van der Waals surface area contributed by atoms with Gasteiger partial charge in [0.1, 0.15) is 5.75 Å². The molecule has 0 aromatic heterocycles. The first-order valence-electron chi connectivity index (χ1n) is 9.72. The molecule has 2 aromatic carbocycles. The van der Waals surface area contributed by atoms with Gasteiger partial charge in [0, 0.05) is 37.4 Å². The van der Waals surface area contributed by atoms with Crippen molar-refractivity contribution in [2.75, 3.05) is 41.9 Å². The van der Waals surface area contributed by atoms with Gasteiger partial charge in [0.05, 0.1) is 18.7 Å². The number of carbonyl (C=O) groups is 2. The van der Waals surface area contributed by atoms with Crippen molar-refractivity contribution in [3.05, 3.63) is 48.0 Å². The molecule has 146 valence electrons. The number of rotatable bonds is 5. The molecule has 2 amide bonds. The van der Waals surface area contributed by atoms with Crippen LogP contribution in [0.4, 0.5) is 17.1 Å². The first-order valence-corrected chi connectivity index (χ1v) is 9.72. The van der Waals surface area contributed by atoms with Gasteiger partial charge in [-0.3, -0.25) is 9.59 Å². The smallest absolute Gasteiger partial charge is 0.229 e. The van der Waals surface area contributed by atoms with Crippen LogP contribution in [0.15, 0.2) is 42.5 Å². The van der Waals surface area contributed by atoms with Crippen LogP contribution in [0.5, 0.6) is 5.75 Å². The number of benzene rings is 2. The second kappa shape index (κ2) is 7.54. The maximum Gasteiger partial charge on any atom is 0.229 e. The molecule has 1 fully saturated rings. The quantitative estimate of drug-likeness (QED) is 0.867. The predicted octanol–water partition coefficient (Wildman–Crippen LogP) is 3.07. The number of para-hydroxylation sites is 2. The van der Waals surface area contributed by atoms with E-state index in [0.717, 1.165) is 25.2 Å². The SMILES string of the molecule is CCN1CCc2ccc(NC(=O)C3CC(=O)N(c4ccccc4OC)C3)cc21. The van der Waals surface area contributed by atoms with Gasteiger partial charge in [-0.25, -0.2) is 0 Å². The summed E-state index contributed by atoms with van der Waals surface area (Å²) in [6, 6.07) is 13.5. The molecule has 2 aliphatic rings. The standard InChI is InChI=1S/C22H25N3O3/c1-3-24-11-10-15-8-9-17(13-19(15)24)23-22(27)16-12-21(26)25(14-16)18-6-4-5-7-20(18)28-2/h4-9,13,16H,3,10-12,14H2,1-2H3,(H,23,27). The molecular weight excluding hydrogens is 354 g/mol. The van der Waals surface area contributed by atoms with Gasteiger partial charge >= 0.3 is 0 Å². The Labute approximate surface area is 165 Å². The second-order valence-electron chi connectivity index (χ2n) is 7.24. The number of likely N-dealkylation sites (N-methyl/N-ethyl adjacent to an activating group) is 1. The molecule has 2 aliphatic heterocycles. The average Bonchev–Trinajstić information content (AvgIpc) is 3.30. The van der Waals surface area contributed by atoms with E-state index >= 15 is 0 Å². The number of nitrogens with one attached hydrogen (secondary N) is 1. The van der Waals surface area contributed by atoms with Crippen molar-refractivity contribution in [3.63, 3.8) is 0 Å². The topological polar surface area (TPSA) is 61.9 Å². The molecule has 0 saturated carbocycles. The van der Waals surface area contributed by atoms with Crippen molar-refractivity contribution in [2.24, 2.45) is 5.92 Å². The summed E-state index contributed by atoms with van der Waals surface area (Å²) in [5.74, 6) is 0.0747. The summed E-state index contributed by atoms with van der Waals surface area (Å²) in [4.78, 5) is 29.3. The van der Waals surface area contributed by atoms with Crippen molar-refractivity contribution >= 4 is 28.9 Å². The number of carbonyl (C=O) groups excluding carboxylic acids is 2. The number of fused-ring (bicyclic) bond motifs is 1. The molecule has 4 rings (SSSR count). The van der Waals surface area contributed by atoms with Gasteiger partial charge in [-0.15, -0.1) is 0 Å². The van der Waals surface area contributed by atoms with Gasteiger partial charge in [-0.1, -0.05) is 18.2 Å². The number of nitrogens with zero attached hydrogens (tertiary/aromatic N) is 2. The lowest BCUT2D eigenvalue weighted by atomic mass is 10.1. The van der Waals surface area contributed by atoms with Gasteiger partial charge in [0.15, 0.2) is 0 Å². The minimum absolute atomic E-state index is 0.0595. The van der Waals surface area contributed by atoms with Gasteiger partial charge in [-0.05, 0) is 43.2 Å². The molecule has 0 bridgehead atoms. The normalized spacial score (nSPS) is 18.4. The van der Waals surface area contributed by atoms with Crippen molar-refractivity contribution in [3.8, 4) is 5.75 Å². The van der Waals surface area contributed by atoms with Crippen LogP contribution in [0.2, 0.25) is 0 Å². The third kappa shape index (κ3) is 3.30. The highest BCUT2D eigenvalue weighted by molar-refractivity contribution is 6.04. The van der Waals surface area contributed by atoms with E-state index in [9.17, 15) is 9.59 Å². The molecule has 2 aromatic rings. The lowest BCUT2D eigenvalue weighted by Crippen LogP contribution is -2.28. The highest BCUT2D eigenvalue weighted by atomic mass is 16.5. The zero-order valence-electron chi connectivity index (χ0n) is 16.3. The first kappa shape index (κ1) is 18.3. The third-order valence-electron chi connectivity index (χ3n) is 5.60. The zero-order valence-corrected chi connectivity index (χ0v) is 16.3. The van der Waals surface area contributed by atoms with Crippen molar-refractivity contribution in [1.29, 1.82) is 0 Å². The summed E-state index contributed by atoms with van der Waals surface area (Å²) < 4.78 is 5.36. The van der Waals surface area contributed by atoms with Gasteiger partial charge in [-0.2, -0.15) is 0 Å². The fourth-order valence-electron chi connectivity index (χ4n) is 4.06. The highest BCUT2D eigenvalue weighted by Gasteiger charge is 2.36. The number of methoxy groups -OCH3 is 1. The van der Waals surface area contributed by atoms with Gasteiger partial charge < -0.3 is 19.9 Å². The van der Waals surface area contributed by atoms with Crippen molar-refractivity contribution in [2.45, 2.75) is 19.8 Å². The average molecular weight is 379 g/mol. The van der Waals surface area contributed by atoms with Crippen LogP contribution in [0.25, 0.3) is 0 Å². The number of ether oxygens (including phenoxy) is 1. The maximum atomic E-state index is 12.8. The molecule has 28 heavy (non-hydrogen) atoms. The zero-order chi connectivity index (χ0) is 19.7. The fraction of sp³-hybridized carbons (Fsp3) is 0.364. The summed E-state index contributed by atoms with van der Waals surface area (Å²) in [5.41, 5.74) is 4.00. The summed E-state index contributed by atoms with van der Waals surface area (Å²) >= 11 is 0. The van der Waals surface area contributed by atoms with E-state index in [2.05, 4.69) is 23.2 Å². The van der Waals surface area contributed by atoms with E-state index in [1.807, 2.05) is 36.4 Å². The Kier molecular flexibility index (Phi) is 4.94. The largest absolute Gasteiger partial charge is 0.495 e. The van der Waals surface area contributed by atoms with E-state index in [0.29, 0.717) is 18.0 Å². The summed E-state index contributed by atoms with van der Waals surface area (Å²) in [6.45, 7) is 4.47. The predicted molar refractivity (Wildman–Crippen MR) is 110 cm³/mol. The molecule has 0 spiro atoms.